The van der Waals surface area contributed by atoms with E-state index in [2.05, 4.69) is 20.5 Å². The summed E-state index contributed by atoms with van der Waals surface area (Å²) in [4.78, 5) is 26.7. The molecule has 25 heavy (non-hydrogen) atoms. The van der Waals surface area contributed by atoms with Crippen LogP contribution in [0.5, 0.6) is 0 Å². The Morgan fingerprint density at radius 3 is 2.84 bits per heavy atom. The number of aromatic nitrogens is 3. The maximum absolute atomic E-state index is 12.4. The summed E-state index contributed by atoms with van der Waals surface area (Å²) in [6.45, 7) is 1.85. The van der Waals surface area contributed by atoms with Crippen LogP contribution in [0.1, 0.15) is 16.2 Å². The molecule has 7 heteroatoms. The van der Waals surface area contributed by atoms with Crippen molar-refractivity contribution in [1.29, 1.82) is 0 Å². The Balaban J connectivity index is 1.58. The van der Waals surface area contributed by atoms with Gasteiger partial charge in [-0.15, -0.1) is 0 Å². The van der Waals surface area contributed by atoms with Crippen molar-refractivity contribution in [2.45, 2.75) is 6.92 Å². The minimum Gasteiger partial charge on any atom is -0.460 e. The first-order valence-corrected chi connectivity index (χ1v) is 7.65. The van der Waals surface area contributed by atoms with Gasteiger partial charge < -0.3 is 14.7 Å². The quantitative estimate of drug-likeness (QED) is 0.535. The average Bonchev–Trinajstić information content (AvgIpc) is 3.24. The lowest BCUT2D eigenvalue weighted by Gasteiger charge is -2.04. The van der Waals surface area contributed by atoms with E-state index in [1.54, 1.807) is 36.5 Å². The molecule has 0 unspecified atom stereocenters. The molecule has 124 valence electrons. The Kier molecular flexibility index (Phi) is 3.46. The number of benzene rings is 1. The Morgan fingerprint density at radius 1 is 1.16 bits per heavy atom. The van der Waals surface area contributed by atoms with Crippen LogP contribution in [0.4, 0.5) is 5.69 Å². The fourth-order valence-electron chi connectivity index (χ4n) is 2.61. The summed E-state index contributed by atoms with van der Waals surface area (Å²) in [5, 5.41) is 10.9. The second-order valence-electron chi connectivity index (χ2n) is 5.64. The molecule has 0 saturated heterocycles. The number of rotatable bonds is 3. The number of nitrogens with one attached hydrogen (secondary N) is 3. The Bertz CT molecular complexity index is 1140. The number of hydrogen-bond acceptors (Lipinski definition) is 4. The third-order valence-electron chi connectivity index (χ3n) is 3.85. The van der Waals surface area contributed by atoms with Gasteiger partial charge in [0.2, 0.25) is 0 Å². The second kappa shape index (κ2) is 5.79. The molecule has 7 nitrogen and oxygen atoms in total. The van der Waals surface area contributed by atoms with E-state index in [0.29, 0.717) is 22.5 Å². The Labute approximate surface area is 141 Å². The van der Waals surface area contributed by atoms with E-state index in [4.69, 9.17) is 4.42 Å². The first-order valence-electron chi connectivity index (χ1n) is 7.65. The van der Waals surface area contributed by atoms with E-state index < -0.39 is 0 Å². The highest BCUT2D eigenvalue weighted by Crippen LogP contribution is 2.21. The van der Waals surface area contributed by atoms with Crippen molar-refractivity contribution >= 4 is 22.4 Å². The highest BCUT2D eigenvalue weighted by molar-refractivity contribution is 6.04. The highest BCUT2D eigenvalue weighted by atomic mass is 16.3. The van der Waals surface area contributed by atoms with Crippen LogP contribution in [-0.2, 0) is 0 Å². The smallest absolute Gasteiger partial charge is 0.276 e. The molecule has 0 spiro atoms. The van der Waals surface area contributed by atoms with Crippen LogP contribution < -0.4 is 10.9 Å². The fourth-order valence-corrected chi connectivity index (χ4v) is 2.61. The number of nitrogens with zero attached hydrogens (tertiary/aromatic N) is 1. The van der Waals surface area contributed by atoms with Crippen LogP contribution >= 0.6 is 0 Å². The summed E-state index contributed by atoms with van der Waals surface area (Å²) in [5.41, 5.74) is 1.29. The Morgan fingerprint density at radius 2 is 2.04 bits per heavy atom. The summed E-state index contributed by atoms with van der Waals surface area (Å²) in [7, 11) is 0. The molecule has 3 N–H and O–H groups in total. The number of hydrogen-bond donors (Lipinski definition) is 3. The minimum absolute atomic E-state index is 0.166. The molecule has 3 aromatic heterocycles. The van der Waals surface area contributed by atoms with Gasteiger partial charge in [0, 0.05) is 23.3 Å². The van der Waals surface area contributed by atoms with Crippen molar-refractivity contribution < 1.29 is 9.21 Å². The van der Waals surface area contributed by atoms with Crippen molar-refractivity contribution in [1.82, 2.24) is 15.2 Å². The molecule has 0 aliphatic carbocycles. The molecule has 4 rings (SSSR count). The normalized spacial score (nSPS) is 10.9. The molecule has 0 fully saturated rings. The van der Waals surface area contributed by atoms with Gasteiger partial charge in [-0.1, -0.05) is 0 Å². The molecule has 1 aromatic carbocycles. The van der Waals surface area contributed by atoms with E-state index in [9.17, 15) is 9.59 Å². The van der Waals surface area contributed by atoms with E-state index in [-0.39, 0.29) is 17.2 Å². The van der Waals surface area contributed by atoms with Gasteiger partial charge in [0.15, 0.2) is 11.5 Å². The lowest BCUT2D eigenvalue weighted by molar-refractivity contribution is 0.102. The number of carbonyl (C=O) groups excluding carboxylic acids is 1. The molecule has 4 aromatic rings. The third kappa shape index (κ3) is 2.83. The van der Waals surface area contributed by atoms with E-state index >= 15 is 0 Å². The van der Waals surface area contributed by atoms with Crippen molar-refractivity contribution in [3.8, 4) is 11.5 Å². The summed E-state index contributed by atoms with van der Waals surface area (Å²) in [6, 6.07) is 12.1. The van der Waals surface area contributed by atoms with Crippen LogP contribution in [0.25, 0.3) is 22.2 Å². The maximum Gasteiger partial charge on any atom is 0.276 e. The number of pyridine rings is 1. The number of anilines is 1. The van der Waals surface area contributed by atoms with Gasteiger partial charge in [0.05, 0.1) is 0 Å². The largest absolute Gasteiger partial charge is 0.460 e. The predicted octanol–water partition coefficient (Wildman–Crippen LogP) is 3.07. The number of fused-ring (bicyclic) bond motifs is 1. The monoisotopic (exact) mass is 334 g/mol. The summed E-state index contributed by atoms with van der Waals surface area (Å²) in [5.74, 6) is 1.05. The van der Waals surface area contributed by atoms with Gasteiger partial charge in [0.1, 0.15) is 11.5 Å². The lowest BCUT2D eigenvalue weighted by atomic mass is 10.1. The SMILES string of the molecule is Cc1ccc(-c2cc(C(=O)Nc3ccc4c(=O)[nH]ccc4c3)n[nH]2)o1. The van der Waals surface area contributed by atoms with Gasteiger partial charge in [-0.05, 0) is 48.7 Å². The maximum atomic E-state index is 12.4. The molecule has 3 heterocycles. The zero-order chi connectivity index (χ0) is 17.4. The first kappa shape index (κ1) is 14.9. The van der Waals surface area contributed by atoms with Crippen LogP contribution in [-0.4, -0.2) is 21.1 Å². The van der Waals surface area contributed by atoms with Crippen molar-refractivity contribution in [3.05, 3.63) is 70.5 Å². The number of furan rings is 1. The van der Waals surface area contributed by atoms with Gasteiger partial charge in [-0.2, -0.15) is 5.10 Å². The van der Waals surface area contributed by atoms with Crippen LogP contribution in [0.2, 0.25) is 0 Å². The zero-order valence-electron chi connectivity index (χ0n) is 13.3. The molecule has 0 radical (unpaired) electrons. The number of carbonyl (C=O) groups is 1. The third-order valence-corrected chi connectivity index (χ3v) is 3.85. The van der Waals surface area contributed by atoms with Crippen molar-refractivity contribution in [2.75, 3.05) is 5.32 Å². The standard InChI is InChI=1S/C18H14N4O3/c1-10-2-5-16(25-10)14-9-15(22-21-14)18(24)20-12-3-4-13-11(8-12)6-7-19-17(13)23/h2-9H,1H3,(H,19,23)(H,20,24)(H,21,22). The predicted molar refractivity (Wildman–Crippen MR) is 93.5 cm³/mol. The summed E-state index contributed by atoms with van der Waals surface area (Å²) < 4.78 is 5.50. The molecule has 0 atom stereocenters. The van der Waals surface area contributed by atoms with E-state index in [0.717, 1.165) is 11.1 Å². The van der Waals surface area contributed by atoms with Crippen LogP contribution in [0, 0.1) is 6.92 Å². The number of aryl methyl sites for hydroxylation is 1. The summed E-state index contributed by atoms with van der Waals surface area (Å²) >= 11 is 0. The number of aromatic amines is 2. The molecule has 1 amide bonds. The number of H-pyrrole nitrogens is 2. The van der Waals surface area contributed by atoms with Crippen LogP contribution in [0.3, 0.4) is 0 Å². The van der Waals surface area contributed by atoms with Crippen LogP contribution in [0.15, 0.2) is 57.9 Å². The van der Waals surface area contributed by atoms with Crippen molar-refractivity contribution in [2.24, 2.45) is 0 Å². The van der Waals surface area contributed by atoms with E-state index in [1.165, 1.54) is 0 Å². The van der Waals surface area contributed by atoms with Gasteiger partial charge in [-0.25, -0.2) is 0 Å². The molecular weight excluding hydrogens is 320 g/mol. The summed E-state index contributed by atoms with van der Waals surface area (Å²) in [6.07, 6.45) is 1.57. The van der Waals surface area contributed by atoms with Gasteiger partial charge >= 0.3 is 0 Å². The van der Waals surface area contributed by atoms with Gasteiger partial charge in [-0.3, -0.25) is 14.7 Å². The van der Waals surface area contributed by atoms with Crippen molar-refractivity contribution in [3.63, 3.8) is 0 Å². The second-order valence-corrected chi connectivity index (χ2v) is 5.64. The lowest BCUT2D eigenvalue weighted by Crippen LogP contribution is -2.12. The molecule has 0 aliphatic heterocycles. The first-order chi connectivity index (χ1) is 12.1. The fraction of sp³-hybridized carbons (Fsp3) is 0.0556. The van der Waals surface area contributed by atoms with Gasteiger partial charge in [0.25, 0.3) is 11.5 Å². The minimum atomic E-state index is -0.352. The Hall–Kier alpha value is -3.61. The number of amides is 1. The molecule has 0 saturated carbocycles. The molecule has 0 bridgehead atoms. The molecular formula is C18H14N4O3. The van der Waals surface area contributed by atoms with E-state index in [1.807, 2.05) is 19.1 Å². The topological polar surface area (TPSA) is 104 Å². The zero-order valence-corrected chi connectivity index (χ0v) is 13.3. The molecule has 0 aliphatic rings. The highest BCUT2D eigenvalue weighted by Gasteiger charge is 2.13. The average molecular weight is 334 g/mol.